The number of halogens is 4. The zero-order valence-corrected chi connectivity index (χ0v) is 12.3. The normalized spacial score (nSPS) is 13.2. The molecule has 2 rings (SSSR count). The molecule has 0 spiro atoms. The molecule has 0 bridgehead atoms. The van der Waals surface area contributed by atoms with Gasteiger partial charge in [-0.2, -0.15) is 0 Å². The summed E-state index contributed by atoms with van der Waals surface area (Å²) >= 11 is 4.72. The monoisotopic (exact) mass is 366 g/mol. The van der Waals surface area contributed by atoms with Gasteiger partial charge in [-0.05, 0) is 33.4 Å². The molecule has 108 valence electrons. The van der Waals surface area contributed by atoms with Gasteiger partial charge in [-0.1, -0.05) is 18.2 Å². The Labute approximate surface area is 125 Å². The van der Waals surface area contributed by atoms with Crippen molar-refractivity contribution in [3.8, 4) is 5.75 Å². The molecule has 2 aromatic rings. The van der Waals surface area contributed by atoms with Gasteiger partial charge in [0.2, 0.25) is 0 Å². The summed E-state index contributed by atoms with van der Waals surface area (Å²) in [6, 6.07) is 7.11. The highest BCUT2D eigenvalue weighted by molar-refractivity contribution is 9.10. The number of benzene rings is 1. The van der Waals surface area contributed by atoms with Gasteiger partial charge in [0.05, 0.1) is 6.04 Å². The highest BCUT2D eigenvalue weighted by atomic mass is 79.9. The maximum atomic E-state index is 12.4. The molecule has 0 amide bonds. The molecule has 3 nitrogen and oxygen atoms in total. The first kappa shape index (κ1) is 15.3. The van der Waals surface area contributed by atoms with Crippen molar-refractivity contribution in [2.24, 2.45) is 5.84 Å². The smallest absolute Gasteiger partial charge is 0.405 e. The molecule has 1 unspecified atom stereocenters. The molecule has 0 saturated heterocycles. The van der Waals surface area contributed by atoms with Gasteiger partial charge in [-0.25, -0.2) is 5.43 Å². The van der Waals surface area contributed by atoms with E-state index in [2.05, 4.69) is 26.1 Å². The number of rotatable bonds is 4. The third-order valence-electron chi connectivity index (χ3n) is 2.53. The largest absolute Gasteiger partial charge is 0.573 e. The van der Waals surface area contributed by atoms with Crippen LogP contribution in [-0.2, 0) is 0 Å². The molecule has 0 aliphatic carbocycles. The average molecular weight is 367 g/mol. The summed E-state index contributed by atoms with van der Waals surface area (Å²) in [6.45, 7) is 0. The van der Waals surface area contributed by atoms with E-state index in [1.165, 1.54) is 29.5 Å². The minimum atomic E-state index is -4.75. The summed E-state index contributed by atoms with van der Waals surface area (Å²) in [7, 11) is 0. The van der Waals surface area contributed by atoms with Crippen LogP contribution in [0.15, 0.2) is 40.2 Å². The van der Waals surface area contributed by atoms with E-state index in [0.29, 0.717) is 5.56 Å². The Bertz CT molecular complexity index is 588. The van der Waals surface area contributed by atoms with Crippen molar-refractivity contribution in [3.63, 3.8) is 0 Å². The van der Waals surface area contributed by atoms with Crippen LogP contribution in [0, 0.1) is 0 Å². The Morgan fingerprint density at radius 1 is 1.25 bits per heavy atom. The molecule has 0 aliphatic heterocycles. The van der Waals surface area contributed by atoms with E-state index in [4.69, 9.17) is 5.84 Å². The van der Waals surface area contributed by atoms with Crippen LogP contribution >= 0.6 is 27.3 Å². The lowest BCUT2D eigenvalue weighted by Crippen LogP contribution is -2.29. The molecule has 0 fully saturated rings. The van der Waals surface area contributed by atoms with Gasteiger partial charge in [0, 0.05) is 14.9 Å². The number of nitrogens with two attached hydrogens (primary N) is 1. The van der Waals surface area contributed by atoms with Crippen LogP contribution in [0.2, 0.25) is 0 Å². The number of para-hydroxylation sites is 1. The van der Waals surface area contributed by atoms with E-state index >= 15 is 0 Å². The molecule has 0 aliphatic rings. The number of thiophene rings is 1. The summed E-state index contributed by atoms with van der Waals surface area (Å²) in [6.07, 6.45) is -4.75. The van der Waals surface area contributed by atoms with Crippen molar-refractivity contribution in [2.45, 2.75) is 12.4 Å². The molecular weight excluding hydrogens is 357 g/mol. The Hall–Kier alpha value is -1.09. The van der Waals surface area contributed by atoms with Crippen LogP contribution < -0.4 is 16.0 Å². The number of nitrogens with one attached hydrogen (secondary N) is 1. The van der Waals surface area contributed by atoms with Crippen LogP contribution in [0.4, 0.5) is 13.2 Å². The molecule has 1 aromatic heterocycles. The lowest BCUT2D eigenvalue weighted by Gasteiger charge is -2.20. The van der Waals surface area contributed by atoms with Crippen LogP contribution in [-0.4, -0.2) is 6.36 Å². The fraction of sp³-hybridized carbons (Fsp3) is 0.167. The summed E-state index contributed by atoms with van der Waals surface area (Å²) < 4.78 is 42.1. The second-order valence-corrected chi connectivity index (χ2v) is 5.62. The summed E-state index contributed by atoms with van der Waals surface area (Å²) in [5, 5.41) is 1.82. The summed E-state index contributed by atoms with van der Waals surface area (Å²) in [5.41, 5.74) is 2.84. The standard InChI is InChI=1S/C12H10BrF3N2OS/c13-8-5-6-20-11(8)10(18-17)7-3-1-2-4-9(7)19-12(14,15)16/h1-6,10,18H,17H2. The first-order valence-electron chi connectivity index (χ1n) is 5.46. The van der Waals surface area contributed by atoms with Crippen LogP contribution in [0.25, 0.3) is 0 Å². The van der Waals surface area contributed by atoms with E-state index < -0.39 is 12.4 Å². The third kappa shape index (κ3) is 3.51. The van der Waals surface area contributed by atoms with Gasteiger partial charge in [-0.3, -0.25) is 5.84 Å². The van der Waals surface area contributed by atoms with Gasteiger partial charge in [0.15, 0.2) is 0 Å². The molecule has 1 aromatic carbocycles. The van der Waals surface area contributed by atoms with Gasteiger partial charge < -0.3 is 4.74 Å². The third-order valence-corrected chi connectivity index (χ3v) is 4.46. The number of alkyl halides is 3. The van der Waals surface area contributed by atoms with Crippen molar-refractivity contribution >= 4 is 27.3 Å². The number of hydrogen-bond donors (Lipinski definition) is 2. The highest BCUT2D eigenvalue weighted by Gasteiger charge is 2.33. The fourth-order valence-electron chi connectivity index (χ4n) is 1.75. The Kier molecular flexibility index (Phi) is 4.69. The number of hydrogen-bond acceptors (Lipinski definition) is 4. The molecule has 8 heteroatoms. The predicted molar refractivity (Wildman–Crippen MR) is 74.3 cm³/mol. The van der Waals surface area contributed by atoms with Crippen molar-refractivity contribution in [1.82, 2.24) is 5.43 Å². The van der Waals surface area contributed by atoms with E-state index in [1.807, 2.05) is 5.38 Å². The predicted octanol–water partition coefficient (Wildman–Crippen LogP) is 3.96. The lowest BCUT2D eigenvalue weighted by atomic mass is 10.0. The van der Waals surface area contributed by atoms with Crippen molar-refractivity contribution < 1.29 is 17.9 Å². The van der Waals surface area contributed by atoms with Crippen LogP contribution in [0.3, 0.4) is 0 Å². The molecule has 0 saturated carbocycles. The van der Waals surface area contributed by atoms with Crippen LogP contribution in [0.1, 0.15) is 16.5 Å². The van der Waals surface area contributed by atoms with E-state index in [9.17, 15) is 13.2 Å². The minimum Gasteiger partial charge on any atom is -0.405 e. The molecule has 3 N–H and O–H groups in total. The number of hydrazine groups is 1. The van der Waals surface area contributed by atoms with E-state index in [1.54, 1.807) is 12.1 Å². The van der Waals surface area contributed by atoms with Crippen molar-refractivity contribution in [2.75, 3.05) is 0 Å². The van der Waals surface area contributed by atoms with E-state index in [-0.39, 0.29) is 5.75 Å². The summed E-state index contributed by atoms with van der Waals surface area (Å²) in [5.74, 6) is 5.22. The van der Waals surface area contributed by atoms with E-state index in [0.717, 1.165) is 9.35 Å². The van der Waals surface area contributed by atoms with Crippen LogP contribution in [0.5, 0.6) is 5.75 Å². The topological polar surface area (TPSA) is 47.3 Å². The Morgan fingerprint density at radius 3 is 2.50 bits per heavy atom. The molecular formula is C12H10BrF3N2OS. The first-order chi connectivity index (χ1) is 9.42. The summed E-state index contributed by atoms with van der Waals surface area (Å²) in [4.78, 5) is 0.769. The van der Waals surface area contributed by atoms with Gasteiger partial charge in [0.25, 0.3) is 0 Å². The quantitative estimate of drug-likeness (QED) is 0.635. The lowest BCUT2D eigenvalue weighted by molar-refractivity contribution is -0.275. The maximum absolute atomic E-state index is 12.4. The highest BCUT2D eigenvalue weighted by Crippen LogP contribution is 2.37. The zero-order valence-electron chi connectivity index (χ0n) is 9.95. The second-order valence-electron chi connectivity index (χ2n) is 3.82. The maximum Gasteiger partial charge on any atom is 0.573 e. The van der Waals surface area contributed by atoms with Crippen molar-refractivity contribution in [3.05, 3.63) is 50.6 Å². The minimum absolute atomic E-state index is 0.275. The first-order valence-corrected chi connectivity index (χ1v) is 7.13. The Balaban J connectivity index is 2.43. The van der Waals surface area contributed by atoms with Gasteiger partial charge in [-0.15, -0.1) is 24.5 Å². The molecule has 0 radical (unpaired) electrons. The Morgan fingerprint density at radius 2 is 1.95 bits per heavy atom. The average Bonchev–Trinajstić information content (AvgIpc) is 2.77. The number of ether oxygens (including phenoxy) is 1. The van der Waals surface area contributed by atoms with Gasteiger partial charge >= 0.3 is 6.36 Å². The molecule has 1 atom stereocenters. The SMILES string of the molecule is NNC(c1ccccc1OC(F)(F)F)c1sccc1Br. The molecule has 1 heterocycles. The van der Waals surface area contributed by atoms with Gasteiger partial charge in [0.1, 0.15) is 5.75 Å². The van der Waals surface area contributed by atoms with Crippen molar-refractivity contribution in [1.29, 1.82) is 0 Å². The second kappa shape index (κ2) is 6.13. The molecule has 20 heavy (non-hydrogen) atoms. The zero-order chi connectivity index (χ0) is 14.8. The fourth-order valence-corrected chi connectivity index (χ4v) is 3.43.